The number of nitrogens with one attached hydrogen (secondary N) is 1. The van der Waals surface area contributed by atoms with E-state index in [0.29, 0.717) is 35.4 Å². The van der Waals surface area contributed by atoms with Gasteiger partial charge in [-0.15, -0.1) is 11.8 Å². The van der Waals surface area contributed by atoms with Gasteiger partial charge < -0.3 is 14.8 Å². The lowest BCUT2D eigenvalue weighted by Crippen LogP contribution is -2.22. The third-order valence-electron chi connectivity index (χ3n) is 3.32. The van der Waals surface area contributed by atoms with Gasteiger partial charge in [-0.2, -0.15) is 0 Å². The lowest BCUT2D eigenvalue weighted by atomic mass is 10.2. The molecule has 1 N–H and O–H groups in total. The number of hydrogen-bond acceptors (Lipinski definition) is 4. The van der Waals surface area contributed by atoms with Crippen LogP contribution in [0.5, 0.6) is 11.5 Å². The summed E-state index contributed by atoms with van der Waals surface area (Å²) in [5.41, 5.74) is 0.686. The van der Waals surface area contributed by atoms with Crippen LogP contribution in [0, 0.1) is 0 Å². The SMILES string of the molecule is CC(Sc1ccccc1Cl)C(=O)Nc1ccc2c(c1)OCCO2. The highest BCUT2D eigenvalue weighted by atomic mass is 35.5. The first-order valence-corrected chi connectivity index (χ1v) is 8.51. The summed E-state index contributed by atoms with van der Waals surface area (Å²) < 4.78 is 11.0. The minimum Gasteiger partial charge on any atom is -0.486 e. The molecule has 120 valence electrons. The van der Waals surface area contributed by atoms with Crippen LogP contribution < -0.4 is 14.8 Å². The van der Waals surface area contributed by atoms with Crippen molar-refractivity contribution in [3.63, 3.8) is 0 Å². The van der Waals surface area contributed by atoms with E-state index in [1.807, 2.05) is 31.2 Å². The van der Waals surface area contributed by atoms with Gasteiger partial charge in [-0.1, -0.05) is 23.7 Å². The number of amides is 1. The van der Waals surface area contributed by atoms with Gasteiger partial charge in [-0.25, -0.2) is 0 Å². The zero-order valence-corrected chi connectivity index (χ0v) is 14.1. The molecule has 1 heterocycles. The molecule has 23 heavy (non-hydrogen) atoms. The zero-order chi connectivity index (χ0) is 16.2. The predicted octanol–water partition coefficient (Wildman–Crippen LogP) is 4.23. The molecule has 0 saturated heterocycles. The lowest BCUT2D eigenvalue weighted by Gasteiger charge is -2.19. The van der Waals surface area contributed by atoms with Crippen molar-refractivity contribution in [3.8, 4) is 11.5 Å². The molecule has 1 aliphatic heterocycles. The minimum atomic E-state index is -0.275. The van der Waals surface area contributed by atoms with Gasteiger partial charge >= 0.3 is 0 Å². The van der Waals surface area contributed by atoms with Crippen LogP contribution in [0.25, 0.3) is 0 Å². The molecule has 1 aliphatic rings. The van der Waals surface area contributed by atoms with Crippen LogP contribution in [-0.2, 0) is 4.79 Å². The Bertz CT molecular complexity index is 723. The van der Waals surface area contributed by atoms with E-state index < -0.39 is 0 Å². The first-order valence-electron chi connectivity index (χ1n) is 7.25. The normalized spacial score (nSPS) is 14.2. The van der Waals surface area contributed by atoms with Crippen LogP contribution in [0.1, 0.15) is 6.92 Å². The predicted molar refractivity (Wildman–Crippen MR) is 92.8 cm³/mol. The molecule has 1 atom stereocenters. The average Bonchev–Trinajstić information content (AvgIpc) is 2.56. The number of ether oxygens (including phenoxy) is 2. The Balaban J connectivity index is 1.65. The molecule has 1 amide bonds. The van der Waals surface area contributed by atoms with E-state index in [9.17, 15) is 4.79 Å². The molecule has 0 aromatic heterocycles. The second-order valence-corrected chi connectivity index (χ2v) is 6.83. The smallest absolute Gasteiger partial charge is 0.237 e. The highest BCUT2D eigenvalue weighted by Crippen LogP contribution is 2.34. The van der Waals surface area contributed by atoms with Gasteiger partial charge in [-0.05, 0) is 31.2 Å². The van der Waals surface area contributed by atoms with Gasteiger partial charge in [0.15, 0.2) is 11.5 Å². The van der Waals surface area contributed by atoms with Gasteiger partial charge in [0, 0.05) is 16.6 Å². The standard InChI is InChI=1S/C17H16ClNO3S/c1-11(23-16-5-3-2-4-13(16)18)17(20)19-12-6-7-14-15(10-12)22-9-8-21-14/h2-7,10-11H,8-9H2,1H3,(H,19,20). The number of carbonyl (C=O) groups excluding carboxylic acids is 1. The fourth-order valence-electron chi connectivity index (χ4n) is 2.15. The molecule has 0 saturated carbocycles. The summed E-state index contributed by atoms with van der Waals surface area (Å²) in [6.07, 6.45) is 0. The summed E-state index contributed by atoms with van der Waals surface area (Å²) in [5, 5.41) is 3.27. The zero-order valence-electron chi connectivity index (χ0n) is 12.5. The quantitative estimate of drug-likeness (QED) is 0.839. The maximum absolute atomic E-state index is 12.3. The van der Waals surface area contributed by atoms with Crippen LogP contribution in [0.3, 0.4) is 0 Å². The Morgan fingerprint density at radius 2 is 1.91 bits per heavy atom. The summed E-state index contributed by atoms with van der Waals surface area (Å²) in [7, 11) is 0. The Kier molecular flexibility index (Phi) is 4.98. The van der Waals surface area contributed by atoms with Gasteiger partial charge in [0.2, 0.25) is 5.91 Å². The fourth-order valence-corrected chi connectivity index (χ4v) is 3.30. The van der Waals surface area contributed by atoms with E-state index in [-0.39, 0.29) is 11.2 Å². The summed E-state index contributed by atoms with van der Waals surface area (Å²) in [6, 6.07) is 12.9. The van der Waals surface area contributed by atoms with Crippen molar-refractivity contribution in [3.05, 3.63) is 47.5 Å². The first-order chi connectivity index (χ1) is 11.1. The second kappa shape index (κ2) is 7.15. The second-order valence-electron chi connectivity index (χ2n) is 5.04. The summed E-state index contributed by atoms with van der Waals surface area (Å²) in [6.45, 7) is 2.91. The van der Waals surface area contributed by atoms with E-state index in [4.69, 9.17) is 21.1 Å². The molecule has 6 heteroatoms. The number of thioether (sulfide) groups is 1. The maximum Gasteiger partial charge on any atom is 0.237 e. The van der Waals surface area contributed by atoms with Crippen LogP contribution in [-0.4, -0.2) is 24.4 Å². The molecule has 3 rings (SSSR count). The molecular formula is C17H16ClNO3S. The Labute approximate surface area is 144 Å². The average molecular weight is 350 g/mol. The largest absolute Gasteiger partial charge is 0.486 e. The Morgan fingerprint density at radius 1 is 1.17 bits per heavy atom. The monoisotopic (exact) mass is 349 g/mol. The molecule has 1 unspecified atom stereocenters. The maximum atomic E-state index is 12.3. The van der Waals surface area contributed by atoms with Crippen molar-refractivity contribution in [1.82, 2.24) is 0 Å². The number of rotatable bonds is 4. The summed E-state index contributed by atoms with van der Waals surface area (Å²) in [4.78, 5) is 13.2. The third-order valence-corrected chi connectivity index (χ3v) is 4.94. The topological polar surface area (TPSA) is 47.6 Å². The van der Waals surface area contributed by atoms with Crippen molar-refractivity contribution in [2.24, 2.45) is 0 Å². The molecule has 0 aliphatic carbocycles. The number of fused-ring (bicyclic) bond motifs is 1. The number of carbonyl (C=O) groups is 1. The van der Waals surface area contributed by atoms with Crippen LogP contribution in [0.2, 0.25) is 5.02 Å². The lowest BCUT2D eigenvalue weighted by molar-refractivity contribution is -0.115. The molecule has 4 nitrogen and oxygen atoms in total. The van der Waals surface area contributed by atoms with Gasteiger partial charge in [0.05, 0.1) is 10.3 Å². The minimum absolute atomic E-state index is 0.0911. The third kappa shape index (κ3) is 3.92. The molecular weight excluding hydrogens is 334 g/mol. The van der Waals surface area contributed by atoms with E-state index in [2.05, 4.69) is 5.32 Å². The van der Waals surface area contributed by atoms with Gasteiger partial charge in [0.25, 0.3) is 0 Å². The van der Waals surface area contributed by atoms with Crippen LogP contribution >= 0.6 is 23.4 Å². The molecule has 2 aromatic rings. The molecule has 2 aromatic carbocycles. The Morgan fingerprint density at radius 3 is 2.70 bits per heavy atom. The van der Waals surface area contributed by atoms with Crippen LogP contribution in [0.15, 0.2) is 47.4 Å². The van der Waals surface area contributed by atoms with Gasteiger partial charge in [0.1, 0.15) is 13.2 Å². The highest BCUT2D eigenvalue weighted by Gasteiger charge is 2.17. The van der Waals surface area contributed by atoms with Crippen molar-refractivity contribution >= 4 is 35.0 Å². The molecule has 0 bridgehead atoms. The summed E-state index contributed by atoms with van der Waals surface area (Å²) >= 11 is 7.56. The number of benzene rings is 2. The van der Waals surface area contributed by atoms with Crippen LogP contribution in [0.4, 0.5) is 5.69 Å². The van der Waals surface area contributed by atoms with Crippen molar-refractivity contribution < 1.29 is 14.3 Å². The molecule has 0 spiro atoms. The van der Waals surface area contributed by atoms with E-state index in [0.717, 1.165) is 4.90 Å². The van der Waals surface area contributed by atoms with Crippen molar-refractivity contribution in [1.29, 1.82) is 0 Å². The summed E-state index contributed by atoms with van der Waals surface area (Å²) in [5.74, 6) is 1.26. The first kappa shape index (κ1) is 16.0. The number of hydrogen-bond donors (Lipinski definition) is 1. The Hall–Kier alpha value is -1.85. The van der Waals surface area contributed by atoms with Crippen molar-refractivity contribution in [2.45, 2.75) is 17.1 Å². The van der Waals surface area contributed by atoms with Gasteiger partial charge in [-0.3, -0.25) is 4.79 Å². The van der Waals surface area contributed by atoms with Crippen molar-refractivity contribution in [2.75, 3.05) is 18.5 Å². The number of halogens is 1. The fraction of sp³-hybridized carbons (Fsp3) is 0.235. The molecule has 0 radical (unpaired) electrons. The molecule has 0 fully saturated rings. The van der Waals surface area contributed by atoms with E-state index >= 15 is 0 Å². The van der Waals surface area contributed by atoms with E-state index in [1.54, 1.807) is 18.2 Å². The number of anilines is 1. The highest BCUT2D eigenvalue weighted by molar-refractivity contribution is 8.00. The van der Waals surface area contributed by atoms with E-state index in [1.165, 1.54) is 11.8 Å².